The van der Waals surface area contributed by atoms with E-state index in [-0.39, 0.29) is 86.5 Å². The van der Waals surface area contributed by atoms with Crippen molar-refractivity contribution < 1.29 is 60.6 Å². The molecule has 3 unspecified atom stereocenters. The number of carbonyl (C=O) groups excluding carboxylic acids is 4. The predicted molar refractivity (Wildman–Crippen MR) is 328 cm³/mol. The summed E-state index contributed by atoms with van der Waals surface area (Å²) in [7, 11) is 2.12. The van der Waals surface area contributed by atoms with E-state index in [2.05, 4.69) is 43.8 Å². The lowest BCUT2D eigenvalue weighted by atomic mass is 9.76. The van der Waals surface area contributed by atoms with Crippen LogP contribution in [0.15, 0.2) is 115 Å². The largest absolute Gasteiger partial charge is 0.497 e. The summed E-state index contributed by atoms with van der Waals surface area (Å²) in [5.41, 5.74) is 0.813. The van der Waals surface area contributed by atoms with E-state index in [0.29, 0.717) is 87.0 Å². The maximum atomic E-state index is 14.5. The zero-order valence-corrected chi connectivity index (χ0v) is 51.9. The lowest BCUT2D eigenvalue weighted by Gasteiger charge is -2.39. The number of alkyl halides is 3. The summed E-state index contributed by atoms with van der Waals surface area (Å²) >= 11 is 14.4. The second-order valence-corrected chi connectivity index (χ2v) is 24.8. The van der Waals surface area contributed by atoms with E-state index in [1.54, 1.807) is 31.3 Å². The summed E-state index contributed by atoms with van der Waals surface area (Å²) in [5.74, 6) is -2.79. The first-order chi connectivity index (χ1) is 41.7. The summed E-state index contributed by atoms with van der Waals surface area (Å²) in [5, 5.41) is 14.0. The van der Waals surface area contributed by atoms with Crippen molar-refractivity contribution in [3.8, 4) is 29.1 Å². The molecule has 3 amide bonds. The third-order valence-electron chi connectivity index (χ3n) is 15.9. The molecular weight excluding hydrogens is 1180 g/mol. The molecule has 15 nitrogen and oxygen atoms in total. The Morgan fingerprint density at radius 3 is 2.08 bits per heavy atom. The number of unbranched alkanes of at least 4 members (excludes halogenated alkanes) is 2. The van der Waals surface area contributed by atoms with Crippen molar-refractivity contribution in [1.29, 1.82) is 5.26 Å². The fourth-order valence-corrected chi connectivity index (χ4v) is 14.9. The Morgan fingerprint density at radius 2 is 1.47 bits per heavy atom. The number of esters is 1. The average molecular weight is 1250 g/mol. The minimum atomic E-state index is -5.20. The van der Waals surface area contributed by atoms with Crippen LogP contribution in [0.3, 0.4) is 0 Å². The summed E-state index contributed by atoms with van der Waals surface area (Å²) in [6.07, 6.45) is -0.477. The van der Waals surface area contributed by atoms with E-state index < -0.39 is 43.5 Å². The van der Waals surface area contributed by atoms with Gasteiger partial charge in [0.25, 0.3) is 5.91 Å². The number of nitriles is 1. The third kappa shape index (κ3) is 13.3. The molecule has 3 aliphatic rings. The number of benzene rings is 6. The van der Waals surface area contributed by atoms with Gasteiger partial charge in [0.05, 0.1) is 60.4 Å². The first kappa shape index (κ1) is 64.2. The van der Waals surface area contributed by atoms with Gasteiger partial charge in [-0.05, 0) is 131 Å². The molecule has 6 aromatic carbocycles. The topological polar surface area (TPSA) is 178 Å². The summed E-state index contributed by atoms with van der Waals surface area (Å²) < 4.78 is 81.1. The number of carbonyl (C=O) groups is 4. The van der Waals surface area contributed by atoms with E-state index >= 15 is 0 Å². The van der Waals surface area contributed by atoms with Gasteiger partial charge in [-0.15, -0.1) is 0 Å². The second-order valence-electron chi connectivity index (χ2n) is 22.2. The Hall–Kier alpha value is -7.23. The van der Waals surface area contributed by atoms with Crippen LogP contribution in [0.1, 0.15) is 133 Å². The molecule has 3 aliphatic heterocycles. The van der Waals surface area contributed by atoms with Crippen LogP contribution in [0, 0.1) is 17.2 Å². The fourth-order valence-electron chi connectivity index (χ4n) is 11.9. The molecule has 458 valence electrons. The Bertz CT molecular complexity index is 3500. The fraction of sp³-hybridized carbons (Fsp3) is 0.379. The Balaban J connectivity index is 0.999. The second kappa shape index (κ2) is 27.4. The van der Waals surface area contributed by atoms with E-state index in [0.717, 1.165) is 22.3 Å². The maximum absolute atomic E-state index is 14.5. The van der Waals surface area contributed by atoms with Crippen molar-refractivity contribution >= 4 is 66.6 Å². The van der Waals surface area contributed by atoms with Crippen LogP contribution in [0.2, 0.25) is 10.0 Å². The van der Waals surface area contributed by atoms with E-state index in [1.165, 1.54) is 31.2 Å². The molecule has 0 radical (unpaired) electrons. The molecule has 0 aliphatic carbocycles. The van der Waals surface area contributed by atoms with Crippen LogP contribution < -0.4 is 29.7 Å². The maximum Gasteiger partial charge on any atom is 0.471 e. The van der Waals surface area contributed by atoms with Gasteiger partial charge >= 0.3 is 18.1 Å². The van der Waals surface area contributed by atoms with Crippen LogP contribution in [0.5, 0.6) is 23.0 Å². The van der Waals surface area contributed by atoms with Crippen molar-refractivity contribution in [3.63, 3.8) is 0 Å². The highest BCUT2D eigenvalue weighted by Gasteiger charge is 2.57. The van der Waals surface area contributed by atoms with Gasteiger partial charge in [-0.3, -0.25) is 19.1 Å². The van der Waals surface area contributed by atoms with Crippen molar-refractivity contribution in [3.05, 3.63) is 175 Å². The van der Waals surface area contributed by atoms with E-state index in [4.69, 9.17) is 51.4 Å². The van der Waals surface area contributed by atoms with Gasteiger partial charge in [-0.25, -0.2) is 4.79 Å². The Morgan fingerprint density at radius 1 is 0.828 bits per heavy atom. The van der Waals surface area contributed by atoms with Gasteiger partial charge < -0.3 is 43.7 Å². The monoisotopic (exact) mass is 1250 g/mol. The van der Waals surface area contributed by atoms with Gasteiger partial charge in [-0.1, -0.05) is 84.2 Å². The molecule has 0 fully saturated rings. The van der Waals surface area contributed by atoms with Crippen LogP contribution >= 0.6 is 31.5 Å². The molecule has 0 saturated heterocycles. The number of halogens is 5. The predicted octanol–water partition coefficient (Wildman–Crippen LogP) is 14.7. The van der Waals surface area contributed by atoms with Gasteiger partial charge in [-0.2, -0.15) is 18.4 Å². The number of anilines is 2. The normalized spacial score (nSPS) is 15.8. The van der Waals surface area contributed by atoms with Crippen LogP contribution in [-0.4, -0.2) is 93.3 Å². The summed E-state index contributed by atoms with van der Waals surface area (Å²) in [6.45, 7) is 11.2. The average Bonchev–Trinajstić information content (AvgIpc) is 1.62. The lowest BCUT2D eigenvalue weighted by molar-refractivity contribution is -0.167. The highest BCUT2D eigenvalue weighted by Crippen LogP contribution is 2.60. The quantitative estimate of drug-likeness (QED) is 0.0254. The molecule has 3 atom stereocenters. The number of rotatable bonds is 24. The molecule has 1 spiro atoms. The van der Waals surface area contributed by atoms with E-state index in [9.17, 15) is 37.6 Å². The third-order valence-corrected chi connectivity index (χ3v) is 19.1. The summed E-state index contributed by atoms with van der Waals surface area (Å²) in [6, 6.07) is 36.8. The number of nitrogens with zero attached hydrogens (tertiary/aromatic N) is 3. The first-order valence-corrected chi connectivity index (χ1v) is 31.1. The molecule has 2 N–H and O–H groups in total. The van der Waals surface area contributed by atoms with Crippen molar-refractivity contribution in [2.45, 2.75) is 109 Å². The number of amides is 3. The number of hydrogen-bond donors (Lipinski definition) is 2. The molecule has 21 heteroatoms. The molecule has 9 rings (SSSR count). The van der Waals surface area contributed by atoms with Crippen LogP contribution in [0.25, 0.3) is 0 Å². The minimum Gasteiger partial charge on any atom is -0.497 e. The minimum absolute atomic E-state index is 0.0668. The van der Waals surface area contributed by atoms with Gasteiger partial charge in [0.2, 0.25) is 5.91 Å². The molecular formula is C66H69Cl2F3N5O10P. The lowest BCUT2D eigenvalue weighted by Crippen LogP contribution is -2.36. The Labute approximate surface area is 516 Å². The molecule has 0 saturated carbocycles. The van der Waals surface area contributed by atoms with Gasteiger partial charge in [0.15, 0.2) is 5.60 Å². The molecule has 0 bridgehead atoms. The Kier molecular flexibility index (Phi) is 20.3. The molecule has 87 heavy (non-hydrogen) atoms. The zero-order valence-electron chi connectivity index (χ0n) is 49.4. The summed E-state index contributed by atoms with van der Waals surface area (Å²) in [4.78, 5) is 55.3. The van der Waals surface area contributed by atoms with Crippen LogP contribution in [-0.2, 0) is 41.2 Å². The van der Waals surface area contributed by atoms with Gasteiger partial charge in [0.1, 0.15) is 36.9 Å². The number of hydrogen-bond acceptors (Lipinski definition) is 12. The molecule has 0 aromatic heterocycles. The van der Waals surface area contributed by atoms with Crippen molar-refractivity contribution in [2.75, 3.05) is 56.9 Å². The van der Waals surface area contributed by atoms with Crippen molar-refractivity contribution in [2.24, 2.45) is 5.92 Å². The highest BCUT2D eigenvalue weighted by molar-refractivity contribution is 7.50. The zero-order chi connectivity index (χ0) is 62.4. The molecule has 3 heterocycles. The first-order valence-electron chi connectivity index (χ1n) is 28.9. The number of nitrogens with one attached hydrogen (secondary N) is 2. The van der Waals surface area contributed by atoms with E-state index in [1.807, 2.05) is 84.2 Å². The highest BCUT2D eigenvalue weighted by atomic mass is 35.5. The SMILES string of the molecule is COc1ccc(C(OCC(CCCCNC(=O)c2cc(Cl)c3c(c2Cl)C(=O)OC32c3ccc(NC(=O)C(F)(F)F)cc3Oc3cc4c(cc32)CCCN4C(C)=O)COP(CCCC#N)N(C(C)C)C(C)C)(c2ccccc2)c2ccc(OC)cc2)cc1. The number of aryl methyl sites for hydroxylation is 1. The molecule has 6 aromatic rings. The number of methoxy groups -OCH3 is 2. The number of fused-ring (bicyclic) bond motifs is 7. The standard InChI is InChI=1S/C66H69Cl2F3N5O10P/c1-40(2)76(41(3)4)87(33-14-12-30-72)84-39-43(38-83-64(45-18-9-8-10-19-45,46-20-25-49(81-6)26-21-46)47-22-27-50(82-7)28-23-47)16-11-13-31-73-61(78)51-36-54(67)59-58(60(51)68)62(79)86-65(59)52-29-24-48(74-63(80)66(69,70)71)35-56(52)85-57-37-55-44(34-53(57)65)17-15-32-75(55)42(5)77/h8-10,18-29,34-37,40-41,43H,11-17,31-33,38-39H2,1-7H3,(H,73,78)(H,74,80). The van der Waals surface area contributed by atoms with Gasteiger partial charge in [0, 0.05) is 85.1 Å². The van der Waals surface area contributed by atoms with Crippen molar-refractivity contribution in [1.82, 2.24) is 9.99 Å². The smallest absolute Gasteiger partial charge is 0.471 e. The number of ether oxygens (including phenoxy) is 5. The van der Waals surface area contributed by atoms with Crippen LogP contribution in [0.4, 0.5) is 24.5 Å².